The fraction of sp³-hybridized carbons (Fsp3) is 0. The molecule has 0 unspecified atom stereocenters. The lowest BCUT2D eigenvalue weighted by atomic mass is 10.2. The standard InChI is InChI=1S/C15H10ClNO3/c16-11-3-1-2-4-12(11)17-13-8-20-14-7-9(18)5-6-10(14)15(13)19/h1-8,17-18H. The summed E-state index contributed by atoms with van der Waals surface area (Å²) in [6, 6.07) is 11.5. The number of hydrogen-bond donors (Lipinski definition) is 2. The van der Waals surface area contributed by atoms with Crippen molar-refractivity contribution in [3.05, 3.63) is 64.0 Å². The van der Waals surface area contributed by atoms with Crippen molar-refractivity contribution >= 4 is 33.9 Å². The molecule has 0 spiro atoms. The third-order valence-electron chi connectivity index (χ3n) is 2.90. The Labute approximate surface area is 119 Å². The molecule has 1 heterocycles. The van der Waals surface area contributed by atoms with E-state index in [0.29, 0.717) is 21.7 Å². The van der Waals surface area contributed by atoms with Gasteiger partial charge in [-0.3, -0.25) is 4.79 Å². The summed E-state index contributed by atoms with van der Waals surface area (Å²) in [7, 11) is 0. The van der Waals surface area contributed by atoms with Gasteiger partial charge in [0, 0.05) is 6.07 Å². The highest BCUT2D eigenvalue weighted by molar-refractivity contribution is 6.33. The van der Waals surface area contributed by atoms with Crippen molar-refractivity contribution < 1.29 is 9.52 Å². The summed E-state index contributed by atoms with van der Waals surface area (Å²) >= 11 is 6.04. The second kappa shape index (κ2) is 4.90. The number of aromatic hydroxyl groups is 1. The Kier molecular flexibility index (Phi) is 3.08. The second-order valence-corrected chi connectivity index (χ2v) is 4.67. The van der Waals surface area contributed by atoms with Crippen molar-refractivity contribution in [1.82, 2.24) is 0 Å². The van der Waals surface area contributed by atoms with E-state index in [1.807, 2.05) is 6.07 Å². The first kappa shape index (κ1) is 12.6. The van der Waals surface area contributed by atoms with E-state index in [4.69, 9.17) is 16.0 Å². The van der Waals surface area contributed by atoms with E-state index >= 15 is 0 Å². The molecule has 0 bridgehead atoms. The van der Waals surface area contributed by atoms with Gasteiger partial charge >= 0.3 is 0 Å². The monoisotopic (exact) mass is 287 g/mol. The highest BCUT2D eigenvalue weighted by Gasteiger charge is 2.09. The summed E-state index contributed by atoms with van der Waals surface area (Å²) in [5.74, 6) is 0.0486. The number of rotatable bonds is 2. The van der Waals surface area contributed by atoms with Crippen molar-refractivity contribution in [3.63, 3.8) is 0 Å². The minimum Gasteiger partial charge on any atom is -0.508 e. The maximum atomic E-state index is 12.3. The van der Waals surface area contributed by atoms with Gasteiger partial charge in [0.2, 0.25) is 5.43 Å². The zero-order valence-electron chi connectivity index (χ0n) is 10.3. The Morgan fingerprint density at radius 2 is 1.90 bits per heavy atom. The Bertz CT molecular complexity index is 842. The predicted molar refractivity (Wildman–Crippen MR) is 78.9 cm³/mol. The Morgan fingerprint density at radius 3 is 2.70 bits per heavy atom. The Balaban J connectivity index is 2.09. The molecule has 5 heteroatoms. The van der Waals surface area contributed by atoms with Crippen molar-refractivity contribution in [2.24, 2.45) is 0 Å². The molecule has 20 heavy (non-hydrogen) atoms. The topological polar surface area (TPSA) is 62.5 Å². The van der Waals surface area contributed by atoms with Gasteiger partial charge in [0.25, 0.3) is 0 Å². The fourth-order valence-electron chi connectivity index (χ4n) is 1.91. The Morgan fingerprint density at radius 1 is 1.10 bits per heavy atom. The molecule has 0 aliphatic carbocycles. The predicted octanol–water partition coefficient (Wildman–Crippen LogP) is 3.90. The van der Waals surface area contributed by atoms with E-state index in [1.165, 1.54) is 24.5 Å². The van der Waals surface area contributed by atoms with Crippen molar-refractivity contribution in [1.29, 1.82) is 0 Å². The minimum atomic E-state index is -0.217. The van der Waals surface area contributed by atoms with Gasteiger partial charge in [-0.25, -0.2) is 0 Å². The van der Waals surface area contributed by atoms with E-state index in [1.54, 1.807) is 18.2 Å². The molecule has 0 aliphatic rings. The number of hydrogen-bond acceptors (Lipinski definition) is 4. The van der Waals surface area contributed by atoms with Gasteiger partial charge < -0.3 is 14.8 Å². The second-order valence-electron chi connectivity index (χ2n) is 4.26. The van der Waals surface area contributed by atoms with Gasteiger partial charge in [-0.15, -0.1) is 0 Å². The molecule has 0 atom stereocenters. The molecule has 2 N–H and O–H groups in total. The van der Waals surface area contributed by atoms with Crippen LogP contribution in [-0.2, 0) is 0 Å². The molecule has 0 saturated carbocycles. The van der Waals surface area contributed by atoms with Gasteiger partial charge in [0.15, 0.2) is 0 Å². The van der Waals surface area contributed by atoms with E-state index in [0.717, 1.165) is 0 Å². The molecular formula is C15H10ClNO3. The molecular weight excluding hydrogens is 278 g/mol. The first-order chi connectivity index (χ1) is 9.65. The van der Waals surface area contributed by atoms with E-state index in [-0.39, 0.29) is 16.9 Å². The van der Waals surface area contributed by atoms with E-state index < -0.39 is 0 Å². The first-order valence-corrected chi connectivity index (χ1v) is 6.29. The summed E-state index contributed by atoms with van der Waals surface area (Å²) < 4.78 is 5.35. The third kappa shape index (κ3) is 2.21. The number of anilines is 2. The van der Waals surface area contributed by atoms with Crippen molar-refractivity contribution in [2.45, 2.75) is 0 Å². The zero-order chi connectivity index (χ0) is 14.1. The molecule has 0 amide bonds. The Hall–Kier alpha value is -2.46. The SMILES string of the molecule is O=c1c(Nc2ccccc2Cl)coc2cc(O)ccc12. The molecule has 0 saturated heterocycles. The number of para-hydroxylation sites is 1. The maximum absolute atomic E-state index is 12.3. The van der Waals surface area contributed by atoms with Crippen LogP contribution in [0.15, 0.2) is 57.9 Å². The van der Waals surface area contributed by atoms with E-state index in [9.17, 15) is 9.90 Å². The van der Waals surface area contributed by atoms with Crippen LogP contribution in [0.1, 0.15) is 0 Å². The summed E-state index contributed by atoms with van der Waals surface area (Å²) in [6.07, 6.45) is 1.31. The van der Waals surface area contributed by atoms with Crippen LogP contribution in [0.2, 0.25) is 5.02 Å². The summed E-state index contributed by atoms with van der Waals surface area (Å²) in [5, 5.41) is 13.2. The highest BCUT2D eigenvalue weighted by atomic mass is 35.5. The maximum Gasteiger partial charge on any atom is 0.216 e. The molecule has 4 nitrogen and oxygen atoms in total. The van der Waals surface area contributed by atoms with Crippen LogP contribution >= 0.6 is 11.6 Å². The molecule has 0 radical (unpaired) electrons. The average molecular weight is 288 g/mol. The van der Waals surface area contributed by atoms with Gasteiger partial charge in [-0.05, 0) is 24.3 Å². The van der Waals surface area contributed by atoms with Gasteiger partial charge in [-0.1, -0.05) is 23.7 Å². The molecule has 3 rings (SSSR count). The minimum absolute atomic E-state index is 0.0486. The lowest BCUT2D eigenvalue weighted by Crippen LogP contribution is -2.08. The number of nitrogens with one attached hydrogen (secondary N) is 1. The molecule has 2 aromatic carbocycles. The largest absolute Gasteiger partial charge is 0.508 e. The quantitative estimate of drug-likeness (QED) is 0.750. The average Bonchev–Trinajstić information content (AvgIpc) is 2.44. The molecule has 3 aromatic rings. The van der Waals surface area contributed by atoms with Crippen LogP contribution in [0.3, 0.4) is 0 Å². The van der Waals surface area contributed by atoms with E-state index in [2.05, 4.69) is 5.32 Å². The number of fused-ring (bicyclic) bond motifs is 1. The van der Waals surface area contributed by atoms with Crippen molar-refractivity contribution in [3.8, 4) is 5.75 Å². The number of halogens is 1. The number of phenols is 1. The molecule has 0 fully saturated rings. The van der Waals surface area contributed by atoms with Crippen molar-refractivity contribution in [2.75, 3.05) is 5.32 Å². The van der Waals surface area contributed by atoms with Crippen LogP contribution in [0.4, 0.5) is 11.4 Å². The van der Waals surface area contributed by atoms with Gasteiger partial charge in [-0.2, -0.15) is 0 Å². The van der Waals surface area contributed by atoms with Gasteiger partial charge in [0.05, 0.1) is 16.1 Å². The lowest BCUT2D eigenvalue weighted by molar-refractivity contribution is 0.474. The van der Waals surface area contributed by atoms with Crippen LogP contribution < -0.4 is 10.7 Å². The van der Waals surface area contributed by atoms with Crippen LogP contribution in [0.25, 0.3) is 11.0 Å². The summed E-state index contributed by atoms with van der Waals surface area (Å²) in [4.78, 5) is 12.3. The first-order valence-electron chi connectivity index (χ1n) is 5.91. The fourth-order valence-corrected chi connectivity index (χ4v) is 2.09. The smallest absolute Gasteiger partial charge is 0.216 e. The zero-order valence-corrected chi connectivity index (χ0v) is 11.0. The highest BCUT2D eigenvalue weighted by Crippen LogP contribution is 2.25. The normalized spacial score (nSPS) is 10.7. The third-order valence-corrected chi connectivity index (χ3v) is 3.23. The van der Waals surface area contributed by atoms with Crippen LogP contribution in [-0.4, -0.2) is 5.11 Å². The number of benzene rings is 2. The number of phenolic OH excluding ortho intramolecular Hbond substituents is 1. The van der Waals surface area contributed by atoms with Gasteiger partial charge in [0.1, 0.15) is 23.3 Å². The van der Waals surface area contributed by atoms with Crippen LogP contribution in [0.5, 0.6) is 5.75 Å². The molecule has 0 aliphatic heterocycles. The molecule has 100 valence electrons. The lowest BCUT2D eigenvalue weighted by Gasteiger charge is -2.07. The summed E-state index contributed by atoms with van der Waals surface area (Å²) in [5.41, 5.74) is 1.03. The molecule has 1 aromatic heterocycles. The van der Waals surface area contributed by atoms with Crippen LogP contribution in [0, 0.1) is 0 Å². The summed E-state index contributed by atoms with van der Waals surface area (Å²) in [6.45, 7) is 0.